The van der Waals surface area contributed by atoms with Crippen molar-refractivity contribution in [2.45, 2.75) is 37.7 Å². The molecule has 104 valence electrons. The zero-order valence-electron chi connectivity index (χ0n) is 11.6. The molecular formula is C17H18O3. The van der Waals surface area contributed by atoms with Crippen molar-refractivity contribution in [3.05, 3.63) is 29.8 Å². The van der Waals surface area contributed by atoms with Gasteiger partial charge in [0, 0.05) is 10.9 Å². The summed E-state index contributed by atoms with van der Waals surface area (Å²) in [5.41, 5.74) is 1.04. The van der Waals surface area contributed by atoms with Gasteiger partial charge in [-0.25, -0.2) is 0 Å². The van der Waals surface area contributed by atoms with Crippen LogP contribution in [0.2, 0.25) is 0 Å². The van der Waals surface area contributed by atoms with E-state index in [1.807, 2.05) is 12.1 Å². The largest absolute Gasteiger partial charge is 0.507 e. The second-order valence-electron chi connectivity index (χ2n) is 5.81. The molecule has 1 N–H and O–H groups in total. The zero-order chi connectivity index (χ0) is 13.7. The number of fused-ring (bicyclic) bond motifs is 1. The number of methoxy groups -OCH3 is 1. The van der Waals surface area contributed by atoms with Crippen LogP contribution >= 0.6 is 0 Å². The number of phenols is 1. The Morgan fingerprint density at radius 1 is 1.05 bits per heavy atom. The minimum Gasteiger partial charge on any atom is -0.507 e. The van der Waals surface area contributed by atoms with Gasteiger partial charge < -0.3 is 14.6 Å². The summed E-state index contributed by atoms with van der Waals surface area (Å²) in [6.07, 6.45) is 5.81. The van der Waals surface area contributed by atoms with Gasteiger partial charge in [-0.2, -0.15) is 0 Å². The third-order valence-electron chi connectivity index (χ3n) is 4.74. The Morgan fingerprint density at radius 2 is 1.85 bits per heavy atom. The van der Waals surface area contributed by atoms with Crippen molar-refractivity contribution in [3.8, 4) is 17.2 Å². The van der Waals surface area contributed by atoms with E-state index in [-0.39, 0.29) is 11.4 Å². The van der Waals surface area contributed by atoms with Crippen LogP contribution in [0.25, 0.3) is 10.8 Å². The number of rotatable bonds is 1. The molecule has 4 rings (SSSR count). The quantitative estimate of drug-likeness (QED) is 0.847. The average Bonchev–Trinajstić information content (AvgIpc) is 2.78. The molecule has 20 heavy (non-hydrogen) atoms. The van der Waals surface area contributed by atoms with E-state index in [0.29, 0.717) is 5.75 Å². The molecule has 1 aliphatic heterocycles. The molecule has 0 unspecified atom stereocenters. The lowest BCUT2D eigenvalue weighted by molar-refractivity contribution is 0.0396. The SMILES string of the molecule is COc1ccc2c3c(ccc(O)c13)OC21CCCCC1. The summed E-state index contributed by atoms with van der Waals surface area (Å²) in [4.78, 5) is 0. The summed E-state index contributed by atoms with van der Waals surface area (Å²) in [5, 5.41) is 12.0. The molecule has 1 heterocycles. The van der Waals surface area contributed by atoms with Crippen molar-refractivity contribution in [1.29, 1.82) is 0 Å². The molecule has 2 aliphatic rings. The molecule has 1 saturated carbocycles. The van der Waals surface area contributed by atoms with Crippen LogP contribution in [0, 0.1) is 0 Å². The first-order chi connectivity index (χ1) is 9.75. The van der Waals surface area contributed by atoms with Crippen LogP contribution in [0.4, 0.5) is 0 Å². The highest BCUT2D eigenvalue weighted by Gasteiger charge is 2.43. The molecule has 2 aromatic rings. The van der Waals surface area contributed by atoms with Crippen molar-refractivity contribution in [2.24, 2.45) is 0 Å². The van der Waals surface area contributed by atoms with Gasteiger partial charge in [-0.1, -0.05) is 12.5 Å². The van der Waals surface area contributed by atoms with E-state index in [1.54, 1.807) is 13.2 Å². The number of hydrogen-bond donors (Lipinski definition) is 1. The minimum atomic E-state index is -0.182. The summed E-state index contributed by atoms with van der Waals surface area (Å²) in [7, 11) is 1.63. The van der Waals surface area contributed by atoms with Crippen molar-refractivity contribution < 1.29 is 14.6 Å². The lowest BCUT2D eigenvalue weighted by Crippen LogP contribution is -2.32. The third kappa shape index (κ3) is 1.41. The van der Waals surface area contributed by atoms with Crippen molar-refractivity contribution in [2.75, 3.05) is 7.11 Å². The van der Waals surface area contributed by atoms with Crippen molar-refractivity contribution in [3.63, 3.8) is 0 Å². The Kier molecular flexibility index (Phi) is 2.40. The minimum absolute atomic E-state index is 0.182. The van der Waals surface area contributed by atoms with Crippen molar-refractivity contribution in [1.82, 2.24) is 0 Å². The van der Waals surface area contributed by atoms with Gasteiger partial charge in [0.25, 0.3) is 0 Å². The maximum atomic E-state index is 10.2. The highest BCUT2D eigenvalue weighted by Crippen LogP contribution is 2.54. The third-order valence-corrected chi connectivity index (χ3v) is 4.74. The highest BCUT2D eigenvalue weighted by molar-refractivity contribution is 6.01. The standard InChI is InChI=1S/C17H18O3/c1-19-13-7-5-11-15-14(8-6-12(18)16(13)15)20-17(11)9-3-2-4-10-17/h5-8,18H,2-4,9-10H2,1H3. The summed E-state index contributed by atoms with van der Waals surface area (Å²) in [6.45, 7) is 0. The van der Waals surface area contributed by atoms with E-state index in [9.17, 15) is 5.11 Å². The Balaban J connectivity index is 2.03. The normalized spacial score (nSPS) is 19.2. The molecule has 0 amide bonds. The summed E-state index contributed by atoms with van der Waals surface area (Å²) in [5.74, 6) is 1.85. The number of hydrogen-bond acceptors (Lipinski definition) is 3. The fourth-order valence-electron chi connectivity index (χ4n) is 3.81. The van der Waals surface area contributed by atoms with Crippen LogP contribution in [0.15, 0.2) is 24.3 Å². The Bertz CT molecular complexity index is 684. The molecule has 0 radical (unpaired) electrons. The first kappa shape index (κ1) is 11.9. The van der Waals surface area contributed by atoms with Gasteiger partial charge in [-0.15, -0.1) is 0 Å². The second-order valence-corrected chi connectivity index (χ2v) is 5.81. The van der Waals surface area contributed by atoms with Gasteiger partial charge in [-0.3, -0.25) is 0 Å². The number of aromatic hydroxyl groups is 1. The molecule has 1 aliphatic carbocycles. The molecule has 3 nitrogen and oxygen atoms in total. The molecule has 0 bridgehead atoms. The Morgan fingerprint density at radius 3 is 2.60 bits per heavy atom. The molecule has 3 heteroatoms. The van der Waals surface area contributed by atoms with E-state index in [4.69, 9.17) is 9.47 Å². The van der Waals surface area contributed by atoms with Gasteiger partial charge >= 0.3 is 0 Å². The summed E-state index contributed by atoms with van der Waals surface area (Å²) < 4.78 is 11.7. The molecule has 0 aromatic heterocycles. The van der Waals surface area contributed by atoms with Crippen molar-refractivity contribution >= 4 is 10.8 Å². The number of ether oxygens (including phenoxy) is 2. The first-order valence-electron chi connectivity index (χ1n) is 7.27. The van der Waals surface area contributed by atoms with E-state index < -0.39 is 0 Å². The smallest absolute Gasteiger partial charge is 0.135 e. The first-order valence-corrected chi connectivity index (χ1v) is 7.27. The number of benzene rings is 2. The topological polar surface area (TPSA) is 38.7 Å². The predicted octanol–water partition coefficient (Wildman–Crippen LogP) is 4.11. The maximum absolute atomic E-state index is 10.2. The zero-order valence-corrected chi connectivity index (χ0v) is 11.6. The summed E-state index contributed by atoms with van der Waals surface area (Å²) >= 11 is 0. The van der Waals surface area contributed by atoms with Crippen LogP contribution in [-0.2, 0) is 5.60 Å². The van der Waals surface area contributed by atoms with Gasteiger partial charge in [0.05, 0.1) is 12.5 Å². The van der Waals surface area contributed by atoms with Crippen LogP contribution < -0.4 is 9.47 Å². The van der Waals surface area contributed by atoms with E-state index in [1.165, 1.54) is 24.8 Å². The molecule has 0 saturated heterocycles. The fraction of sp³-hybridized carbons (Fsp3) is 0.412. The Hall–Kier alpha value is -1.90. The predicted molar refractivity (Wildman–Crippen MR) is 77.6 cm³/mol. The van der Waals surface area contributed by atoms with E-state index in [2.05, 4.69) is 6.07 Å². The van der Waals surface area contributed by atoms with E-state index >= 15 is 0 Å². The molecule has 2 aromatic carbocycles. The highest BCUT2D eigenvalue weighted by atomic mass is 16.5. The van der Waals surface area contributed by atoms with Crippen LogP contribution in [0.3, 0.4) is 0 Å². The molecule has 1 fully saturated rings. The van der Waals surface area contributed by atoms with Crippen LogP contribution in [0.5, 0.6) is 17.2 Å². The lowest BCUT2D eigenvalue weighted by Gasteiger charge is -2.34. The van der Waals surface area contributed by atoms with Gasteiger partial charge in [0.2, 0.25) is 0 Å². The maximum Gasteiger partial charge on any atom is 0.135 e. The monoisotopic (exact) mass is 270 g/mol. The van der Waals surface area contributed by atoms with Crippen LogP contribution in [0.1, 0.15) is 37.7 Å². The van der Waals surface area contributed by atoms with Crippen LogP contribution in [-0.4, -0.2) is 12.2 Å². The fourth-order valence-corrected chi connectivity index (χ4v) is 3.81. The molecule has 0 atom stereocenters. The lowest BCUT2D eigenvalue weighted by atomic mass is 9.79. The van der Waals surface area contributed by atoms with Gasteiger partial charge in [0.15, 0.2) is 0 Å². The molecule has 1 spiro atoms. The molecular weight excluding hydrogens is 252 g/mol. The number of phenolic OH excluding ortho intramolecular Hbond substituents is 1. The summed E-state index contributed by atoms with van der Waals surface area (Å²) in [6, 6.07) is 7.64. The Labute approximate surface area is 118 Å². The van der Waals surface area contributed by atoms with Gasteiger partial charge in [0.1, 0.15) is 22.8 Å². The van der Waals surface area contributed by atoms with Gasteiger partial charge in [-0.05, 0) is 43.9 Å². The second kappa shape index (κ2) is 4.05. The average molecular weight is 270 g/mol. The van der Waals surface area contributed by atoms with E-state index in [0.717, 1.165) is 29.4 Å².